The highest BCUT2D eigenvalue weighted by atomic mass is 35.5. The Kier molecular flexibility index (Phi) is 4.65. The first-order valence-corrected chi connectivity index (χ1v) is 8.35. The minimum absolute atomic E-state index is 0.165. The van der Waals surface area contributed by atoms with Crippen LogP contribution in [0.15, 0.2) is 53.4 Å². The van der Waals surface area contributed by atoms with Crippen LogP contribution >= 0.6 is 11.6 Å². The Morgan fingerprint density at radius 2 is 1.71 bits per heavy atom. The number of benzene rings is 2. The Morgan fingerprint density at radius 3 is 2.29 bits per heavy atom. The standard InChI is InChI=1S/C15H13ClO4S/c1-21(18,19)12-8-6-11(7-9-12)20-10-15(17)13-4-2-3-5-14(13)16/h2-9H,10H2,1H3. The number of carbonyl (C=O) groups is 1. The van der Waals surface area contributed by atoms with Crippen molar-refractivity contribution in [3.63, 3.8) is 0 Å². The first kappa shape index (κ1) is 15.5. The average molecular weight is 325 g/mol. The summed E-state index contributed by atoms with van der Waals surface area (Å²) >= 11 is 5.93. The van der Waals surface area contributed by atoms with E-state index in [1.165, 1.54) is 24.3 Å². The third-order valence-corrected chi connectivity index (χ3v) is 4.25. The van der Waals surface area contributed by atoms with E-state index in [2.05, 4.69) is 0 Å². The van der Waals surface area contributed by atoms with Crippen LogP contribution in [0.1, 0.15) is 10.4 Å². The summed E-state index contributed by atoms with van der Waals surface area (Å²) < 4.78 is 28.0. The monoisotopic (exact) mass is 324 g/mol. The Morgan fingerprint density at radius 1 is 1.10 bits per heavy atom. The molecule has 0 spiro atoms. The fraction of sp³-hybridized carbons (Fsp3) is 0.133. The molecule has 0 aromatic heterocycles. The van der Waals surface area contributed by atoms with Gasteiger partial charge in [0.2, 0.25) is 5.78 Å². The third-order valence-electron chi connectivity index (χ3n) is 2.80. The predicted octanol–water partition coefficient (Wildman–Crippen LogP) is 3.01. The zero-order chi connectivity index (χ0) is 15.5. The van der Waals surface area contributed by atoms with E-state index >= 15 is 0 Å². The minimum Gasteiger partial charge on any atom is -0.485 e. The molecule has 0 aliphatic rings. The molecule has 0 amide bonds. The van der Waals surface area contributed by atoms with E-state index in [0.29, 0.717) is 16.3 Å². The summed E-state index contributed by atoms with van der Waals surface area (Å²) in [5.74, 6) is 0.176. The van der Waals surface area contributed by atoms with E-state index in [0.717, 1.165) is 6.26 Å². The summed E-state index contributed by atoms with van der Waals surface area (Å²) in [6, 6.07) is 12.6. The Labute approximate surface area is 128 Å². The summed E-state index contributed by atoms with van der Waals surface area (Å²) in [7, 11) is -3.24. The summed E-state index contributed by atoms with van der Waals surface area (Å²) in [6.07, 6.45) is 1.13. The molecule has 0 radical (unpaired) electrons. The lowest BCUT2D eigenvalue weighted by molar-refractivity contribution is 0.0921. The minimum atomic E-state index is -3.24. The number of carbonyl (C=O) groups excluding carboxylic acids is 1. The van der Waals surface area contributed by atoms with Crippen LogP contribution in [-0.4, -0.2) is 27.1 Å². The van der Waals surface area contributed by atoms with Crippen molar-refractivity contribution in [2.24, 2.45) is 0 Å². The molecule has 6 heteroatoms. The molecular weight excluding hydrogens is 312 g/mol. The van der Waals surface area contributed by atoms with E-state index in [4.69, 9.17) is 16.3 Å². The average Bonchev–Trinajstić information content (AvgIpc) is 2.45. The number of rotatable bonds is 5. The largest absolute Gasteiger partial charge is 0.485 e. The maximum Gasteiger partial charge on any atom is 0.201 e. The SMILES string of the molecule is CS(=O)(=O)c1ccc(OCC(=O)c2ccccc2Cl)cc1. The number of hydrogen-bond donors (Lipinski definition) is 0. The molecule has 0 heterocycles. The van der Waals surface area contributed by atoms with Gasteiger partial charge in [0.1, 0.15) is 5.75 Å². The zero-order valence-corrected chi connectivity index (χ0v) is 12.8. The molecule has 0 bridgehead atoms. The number of hydrogen-bond acceptors (Lipinski definition) is 4. The normalized spacial score (nSPS) is 11.1. The van der Waals surface area contributed by atoms with Crippen LogP contribution in [0, 0.1) is 0 Å². The van der Waals surface area contributed by atoms with Gasteiger partial charge in [-0.05, 0) is 36.4 Å². The van der Waals surface area contributed by atoms with Crippen molar-refractivity contribution in [1.29, 1.82) is 0 Å². The first-order chi connectivity index (χ1) is 9.88. The lowest BCUT2D eigenvalue weighted by Gasteiger charge is -2.07. The van der Waals surface area contributed by atoms with Gasteiger partial charge in [0.05, 0.1) is 9.92 Å². The van der Waals surface area contributed by atoms with Crippen LogP contribution in [0.2, 0.25) is 5.02 Å². The van der Waals surface area contributed by atoms with Gasteiger partial charge in [-0.2, -0.15) is 0 Å². The summed E-state index contributed by atoms with van der Waals surface area (Å²) in [4.78, 5) is 12.2. The molecule has 2 rings (SSSR count). The summed E-state index contributed by atoms with van der Waals surface area (Å²) in [5.41, 5.74) is 0.395. The number of ether oxygens (including phenoxy) is 1. The van der Waals surface area contributed by atoms with Crippen molar-refractivity contribution in [2.45, 2.75) is 4.90 Å². The van der Waals surface area contributed by atoms with Crippen molar-refractivity contribution in [3.05, 3.63) is 59.1 Å². The molecule has 0 aliphatic heterocycles. The molecular formula is C15H13ClO4S. The molecule has 0 unspecified atom stereocenters. The van der Waals surface area contributed by atoms with E-state index in [1.807, 2.05) is 0 Å². The van der Waals surface area contributed by atoms with Gasteiger partial charge in [0.25, 0.3) is 0 Å². The second-order valence-electron chi connectivity index (χ2n) is 4.44. The maximum atomic E-state index is 12.0. The molecule has 0 saturated carbocycles. The second-order valence-corrected chi connectivity index (χ2v) is 6.86. The van der Waals surface area contributed by atoms with Crippen LogP contribution in [0.5, 0.6) is 5.75 Å². The van der Waals surface area contributed by atoms with Crippen LogP contribution in [0.25, 0.3) is 0 Å². The van der Waals surface area contributed by atoms with Gasteiger partial charge in [0.15, 0.2) is 16.4 Å². The lowest BCUT2D eigenvalue weighted by atomic mass is 10.1. The van der Waals surface area contributed by atoms with Crippen LogP contribution in [0.3, 0.4) is 0 Å². The highest BCUT2D eigenvalue weighted by Crippen LogP contribution is 2.18. The molecule has 2 aromatic rings. The third kappa shape index (κ3) is 4.06. The molecule has 21 heavy (non-hydrogen) atoms. The molecule has 0 atom stereocenters. The van der Waals surface area contributed by atoms with Crippen LogP contribution in [0.4, 0.5) is 0 Å². The topological polar surface area (TPSA) is 60.4 Å². The van der Waals surface area contributed by atoms with Crippen molar-refractivity contribution in [1.82, 2.24) is 0 Å². The molecule has 0 aliphatic carbocycles. The summed E-state index contributed by atoms with van der Waals surface area (Å²) in [6.45, 7) is -0.165. The van der Waals surface area contributed by atoms with Crippen molar-refractivity contribution in [3.8, 4) is 5.75 Å². The quantitative estimate of drug-likeness (QED) is 0.793. The van der Waals surface area contributed by atoms with E-state index < -0.39 is 9.84 Å². The second kappa shape index (κ2) is 6.28. The van der Waals surface area contributed by atoms with Crippen molar-refractivity contribution >= 4 is 27.2 Å². The fourth-order valence-electron chi connectivity index (χ4n) is 1.70. The molecule has 0 fully saturated rings. The summed E-state index contributed by atoms with van der Waals surface area (Å²) in [5, 5.41) is 0.374. The molecule has 0 N–H and O–H groups in total. The zero-order valence-electron chi connectivity index (χ0n) is 11.2. The number of Topliss-reactive ketones (excluding diaryl/α,β-unsaturated/α-hetero) is 1. The maximum absolute atomic E-state index is 12.0. The molecule has 110 valence electrons. The van der Waals surface area contributed by atoms with Gasteiger partial charge in [-0.3, -0.25) is 4.79 Å². The van der Waals surface area contributed by atoms with Crippen LogP contribution in [-0.2, 0) is 9.84 Å². The van der Waals surface area contributed by atoms with Gasteiger partial charge in [-0.25, -0.2) is 8.42 Å². The van der Waals surface area contributed by atoms with Crippen molar-refractivity contribution < 1.29 is 17.9 Å². The predicted molar refractivity (Wildman–Crippen MR) is 80.8 cm³/mol. The Bertz CT molecular complexity index is 751. The van der Waals surface area contributed by atoms with Crippen molar-refractivity contribution in [2.75, 3.05) is 12.9 Å². The van der Waals surface area contributed by atoms with E-state index in [1.54, 1.807) is 24.3 Å². The fourth-order valence-corrected chi connectivity index (χ4v) is 2.57. The Hall–Kier alpha value is -1.85. The lowest BCUT2D eigenvalue weighted by Crippen LogP contribution is -2.12. The van der Waals surface area contributed by atoms with Crippen LogP contribution < -0.4 is 4.74 Å². The van der Waals surface area contributed by atoms with E-state index in [9.17, 15) is 13.2 Å². The van der Waals surface area contributed by atoms with E-state index in [-0.39, 0.29) is 17.3 Å². The highest BCUT2D eigenvalue weighted by Gasteiger charge is 2.11. The van der Waals surface area contributed by atoms with Gasteiger partial charge < -0.3 is 4.74 Å². The molecule has 4 nitrogen and oxygen atoms in total. The van der Waals surface area contributed by atoms with Gasteiger partial charge >= 0.3 is 0 Å². The highest BCUT2D eigenvalue weighted by molar-refractivity contribution is 7.90. The number of sulfone groups is 1. The van der Waals surface area contributed by atoms with Gasteiger partial charge in [0, 0.05) is 11.8 Å². The number of ketones is 1. The van der Waals surface area contributed by atoms with Gasteiger partial charge in [-0.15, -0.1) is 0 Å². The molecule has 0 saturated heterocycles. The van der Waals surface area contributed by atoms with Gasteiger partial charge in [-0.1, -0.05) is 23.7 Å². The molecule has 2 aromatic carbocycles. The Balaban J connectivity index is 2.04. The first-order valence-electron chi connectivity index (χ1n) is 6.08. The number of halogens is 1. The smallest absolute Gasteiger partial charge is 0.201 e.